The van der Waals surface area contributed by atoms with Gasteiger partial charge in [0, 0.05) is 28.6 Å². The van der Waals surface area contributed by atoms with Gasteiger partial charge < -0.3 is 25.1 Å². The van der Waals surface area contributed by atoms with E-state index in [1.807, 2.05) is 48.5 Å². The molecular weight excluding hydrogens is 430 g/mol. The van der Waals surface area contributed by atoms with Gasteiger partial charge in [0.25, 0.3) is 0 Å². The van der Waals surface area contributed by atoms with E-state index in [1.165, 1.54) is 0 Å². The minimum absolute atomic E-state index is 0.124. The molecule has 3 aromatic carbocycles. The molecule has 1 aromatic heterocycles. The van der Waals surface area contributed by atoms with Crippen LogP contribution in [0, 0.1) is 5.92 Å². The number of aliphatic hydroxyl groups excluding tert-OH is 1. The zero-order valence-corrected chi connectivity index (χ0v) is 18.7. The number of hydrogen-bond acceptors (Lipinski definition) is 5. The third-order valence-corrected chi connectivity index (χ3v) is 6.35. The predicted molar refractivity (Wildman–Crippen MR) is 129 cm³/mol. The van der Waals surface area contributed by atoms with Crippen molar-refractivity contribution < 1.29 is 24.2 Å². The summed E-state index contributed by atoms with van der Waals surface area (Å²) in [4.78, 5) is 11.3. The number of benzene rings is 3. The van der Waals surface area contributed by atoms with Crippen LogP contribution in [0.15, 0.2) is 71.1 Å². The minimum atomic E-state index is -0.918. The van der Waals surface area contributed by atoms with Crippen LogP contribution in [0.2, 0.25) is 0 Å². The first-order valence-electron chi connectivity index (χ1n) is 11.5. The van der Waals surface area contributed by atoms with E-state index in [0.29, 0.717) is 29.2 Å². The minimum Gasteiger partial charge on any atom is -0.488 e. The Morgan fingerprint density at radius 1 is 1.09 bits per heavy atom. The van der Waals surface area contributed by atoms with Gasteiger partial charge in [0.1, 0.15) is 29.8 Å². The van der Waals surface area contributed by atoms with Crippen molar-refractivity contribution in [2.75, 3.05) is 0 Å². The number of para-hydroxylation sites is 2. The number of nitrogens with two attached hydrogens (primary N) is 1. The molecular formula is C28H27NO5. The summed E-state index contributed by atoms with van der Waals surface area (Å²) in [6.45, 7) is 0.609. The normalized spacial score (nSPS) is 14.3. The summed E-state index contributed by atoms with van der Waals surface area (Å²) < 4.78 is 12.5. The number of ether oxygens (including phenoxy) is 1. The molecule has 0 aliphatic heterocycles. The average molecular weight is 458 g/mol. The van der Waals surface area contributed by atoms with E-state index in [2.05, 4.69) is 0 Å². The highest BCUT2D eigenvalue weighted by molar-refractivity contribution is 5.95. The molecule has 34 heavy (non-hydrogen) atoms. The molecule has 0 saturated heterocycles. The molecule has 5 rings (SSSR count). The smallest absolute Gasteiger partial charge is 0.307 e. The Hall–Kier alpha value is -3.61. The lowest BCUT2D eigenvalue weighted by Crippen LogP contribution is -2.07. The molecule has 174 valence electrons. The van der Waals surface area contributed by atoms with Crippen molar-refractivity contribution in [2.45, 2.75) is 38.5 Å². The first-order valence-corrected chi connectivity index (χ1v) is 11.5. The van der Waals surface area contributed by atoms with Crippen molar-refractivity contribution in [1.29, 1.82) is 0 Å². The highest BCUT2D eigenvalue weighted by Gasteiger charge is 2.35. The lowest BCUT2D eigenvalue weighted by atomic mass is 9.99. The molecule has 6 heteroatoms. The van der Waals surface area contributed by atoms with Gasteiger partial charge in [0.05, 0.1) is 6.42 Å². The molecule has 0 spiro atoms. The van der Waals surface area contributed by atoms with Gasteiger partial charge in [0.15, 0.2) is 0 Å². The van der Waals surface area contributed by atoms with Crippen LogP contribution in [-0.4, -0.2) is 16.2 Å². The van der Waals surface area contributed by atoms with Gasteiger partial charge in [-0.1, -0.05) is 54.6 Å². The van der Waals surface area contributed by atoms with Gasteiger partial charge in [-0.15, -0.1) is 0 Å². The third-order valence-electron chi connectivity index (χ3n) is 6.35. The van der Waals surface area contributed by atoms with Crippen LogP contribution in [0.5, 0.6) is 5.75 Å². The third kappa shape index (κ3) is 4.42. The van der Waals surface area contributed by atoms with Crippen LogP contribution in [0.4, 0.5) is 0 Å². The van der Waals surface area contributed by atoms with E-state index in [-0.39, 0.29) is 18.9 Å². The second-order valence-electron chi connectivity index (χ2n) is 8.78. The van der Waals surface area contributed by atoms with Gasteiger partial charge in [-0.3, -0.25) is 4.79 Å². The standard InChI is InChI=1S/C28H27NO5/c29-15-17-5-3-7-19(13-17)21-8-4-9-22-23(28(34-27(21)22)26(32)18-11-12-18)16-33-24-10-2-1-6-20(24)14-25(30)31/h1-10,13,18,26,32H,11-12,14-16,29H2,(H,30,31). The molecule has 0 radical (unpaired) electrons. The van der Waals surface area contributed by atoms with Crippen LogP contribution in [-0.2, 0) is 24.4 Å². The molecule has 4 aromatic rings. The summed E-state index contributed by atoms with van der Waals surface area (Å²) >= 11 is 0. The maximum Gasteiger partial charge on any atom is 0.307 e. The Balaban J connectivity index is 1.57. The Bertz CT molecular complexity index is 1340. The number of aliphatic carboxylic acids is 1. The van der Waals surface area contributed by atoms with Crippen LogP contribution >= 0.6 is 0 Å². The Morgan fingerprint density at radius 3 is 2.65 bits per heavy atom. The Kier molecular flexibility index (Phi) is 6.09. The molecule has 6 nitrogen and oxygen atoms in total. The average Bonchev–Trinajstić information content (AvgIpc) is 3.63. The van der Waals surface area contributed by atoms with E-state index < -0.39 is 12.1 Å². The van der Waals surface area contributed by atoms with Crippen LogP contribution < -0.4 is 10.5 Å². The van der Waals surface area contributed by atoms with Gasteiger partial charge in [-0.2, -0.15) is 0 Å². The van der Waals surface area contributed by atoms with E-state index in [1.54, 1.807) is 18.2 Å². The number of furan rings is 1. The first kappa shape index (κ1) is 22.2. The van der Waals surface area contributed by atoms with E-state index in [4.69, 9.17) is 14.9 Å². The number of fused-ring (bicyclic) bond motifs is 1. The number of aliphatic hydroxyl groups is 1. The quantitative estimate of drug-likeness (QED) is 0.319. The molecule has 1 unspecified atom stereocenters. The fourth-order valence-corrected chi connectivity index (χ4v) is 4.40. The number of carboxylic acid groups (broad SMARTS) is 1. The summed E-state index contributed by atoms with van der Waals surface area (Å²) in [6.07, 6.45) is 1.10. The van der Waals surface area contributed by atoms with E-state index in [0.717, 1.165) is 40.5 Å². The molecule has 1 heterocycles. The number of carboxylic acids is 1. The van der Waals surface area contributed by atoms with Crippen LogP contribution in [0.25, 0.3) is 22.1 Å². The number of rotatable bonds is 9. The lowest BCUT2D eigenvalue weighted by molar-refractivity contribution is -0.136. The zero-order chi connectivity index (χ0) is 23.7. The summed E-state index contributed by atoms with van der Waals surface area (Å²) in [5, 5.41) is 21.1. The topological polar surface area (TPSA) is 106 Å². The SMILES string of the molecule is NCc1cccc(-c2cccc3c(COc4ccccc4CC(=O)O)c(C(O)C4CC4)oc23)c1. The van der Waals surface area contributed by atoms with Crippen LogP contribution in [0.3, 0.4) is 0 Å². The highest BCUT2D eigenvalue weighted by atomic mass is 16.5. The molecule has 1 fully saturated rings. The van der Waals surface area contributed by atoms with Gasteiger partial charge in [-0.05, 0) is 42.0 Å². The molecule has 1 saturated carbocycles. The molecule has 0 bridgehead atoms. The van der Waals surface area contributed by atoms with Crippen molar-refractivity contribution in [3.8, 4) is 16.9 Å². The molecule has 4 N–H and O–H groups in total. The van der Waals surface area contributed by atoms with Crippen molar-refractivity contribution in [1.82, 2.24) is 0 Å². The van der Waals surface area contributed by atoms with Crippen LogP contribution in [0.1, 0.15) is 41.4 Å². The van der Waals surface area contributed by atoms with E-state index in [9.17, 15) is 15.0 Å². The number of hydrogen-bond donors (Lipinski definition) is 3. The van der Waals surface area contributed by atoms with Gasteiger partial charge in [0.2, 0.25) is 0 Å². The monoisotopic (exact) mass is 457 g/mol. The Morgan fingerprint density at radius 2 is 1.88 bits per heavy atom. The van der Waals surface area contributed by atoms with Gasteiger partial charge in [-0.25, -0.2) is 0 Å². The van der Waals surface area contributed by atoms with Crippen molar-refractivity contribution in [2.24, 2.45) is 11.7 Å². The van der Waals surface area contributed by atoms with Crippen molar-refractivity contribution in [3.05, 3.63) is 89.2 Å². The second kappa shape index (κ2) is 9.33. The maximum absolute atomic E-state index is 11.3. The summed E-state index contributed by atoms with van der Waals surface area (Å²) in [5.74, 6) is 0.301. The Labute approximate surface area is 197 Å². The summed E-state index contributed by atoms with van der Waals surface area (Å²) in [7, 11) is 0. The number of carbonyl (C=O) groups is 1. The zero-order valence-electron chi connectivity index (χ0n) is 18.7. The van der Waals surface area contributed by atoms with Crippen molar-refractivity contribution >= 4 is 16.9 Å². The molecule has 0 amide bonds. The molecule has 1 aliphatic carbocycles. The second-order valence-corrected chi connectivity index (χ2v) is 8.78. The maximum atomic E-state index is 11.3. The molecule has 1 aliphatic rings. The summed E-state index contributed by atoms with van der Waals surface area (Å²) in [5.41, 5.74) is 10.9. The fourth-order valence-electron chi connectivity index (χ4n) is 4.40. The predicted octanol–water partition coefficient (Wildman–Crippen LogP) is 5.21. The molecule has 1 atom stereocenters. The fraction of sp³-hybridized carbons (Fsp3) is 0.250. The summed E-state index contributed by atoms with van der Waals surface area (Å²) in [6, 6.07) is 21.1. The van der Waals surface area contributed by atoms with E-state index >= 15 is 0 Å². The van der Waals surface area contributed by atoms with Gasteiger partial charge >= 0.3 is 5.97 Å². The first-order chi connectivity index (χ1) is 16.5. The van der Waals surface area contributed by atoms with Crippen molar-refractivity contribution in [3.63, 3.8) is 0 Å². The largest absolute Gasteiger partial charge is 0.488 e. The lowest BCUT2D eigenvalue weighted by Gasteiger charge is -2.12. The highest BCUT2D eigenvalue weighted by Crippen LogP contribution is 2.45.